The van der Waals surface area contributed by atoms with Gasteiger partial charge >= 0.3 is 0 Å². The molecule has 0 amide bonds. The van der Waals surface area contributed by atoms with Crippen molar-refractivity contribution in [3.05, 3.63) is 78.1 Å². The highest BCUT2D eigenvalue weighted by molar-refractivity contribution is 5.75. The Bertz CT molecular complexity index is 1200. The number of benzene rings is 2. The van der Waals surface area contributed by atoms with Crippen LogP contribution < -0.4 is 4.74 Å². The van der Waals surface area contributed by atoms with Gasteiger partial charge in [0, 0.05) is 34.6 Å². The summed E-state index contributed by atoms with van der Waals surface area (Å²) in [5.41, 5.74) is 6.40. The highest BCUT2D eigenvalue weighted by atomic mass is 16.5. The lowest BCUT2D eigenvalue weighted by molar-refractivity contribution is 0.374. The second kappa shape index (κ2) is 7.87. The Kier molecular flexibility index (Phi) is 5.11. The second-order valence-corrected chi connectivity index (χ2v) is 7.12. The van der Waals surface area contributed by atoms with Crippen molar-refractivity contribution in [2.45, 2.75) is 13.8 Å². The van der Waals surface area contributed by atoms with Crippen LogP contribution in [0.5, 0.6) is 17.2 Å². The standard InChI is InChI=1S/C25H22N2O3/c1-15-7-10-20(24(28)16(15)2)18-9-12-22(27-14-18)21-11-8-17(13-26-21)19-5-4-6-23(30-3)25(19)29/h4-14,28-29H,1-3H3. The van der Waals surface area contributed by atoms with Crippen molar-refractivity contribution < 1.29 is 14.9 Å². The Labute approximate surface area is 175 Å². The highest BCUT2D eigenvalue weighted by Gasteiger charge is 2.12. The monoisotopic (exact) mass is 398 g/mol. The molecule has 4 aromatic rings. The molecule has 2 aromatic heterocycles. The van der Waals surface area contributed by atoms with Crippen LogP contribution in [0.4, 0.5) is 0 Å². The van der Waals surface area contributed by atoms with Crippen LogP contribution in [0.1, 0.15) is 11.1 Å². The molecule has 0 saturated carbocycles. The number of nitrogens with zero attached hydrogens (tertiary/aromatic N) is 2. The van der Waals surface area contributed by atoms with Crippen molar-refractivity contribution in [3.8, 4) is 50.9 Å². The summed E-state index contributed by atoms with van der Waals surface area (Å²) in [6, 6.07) is 16.8. The van der Waals surface area contributed by atoms with Gasteiger partial charge in [-0.05, 0) is 43.2 Å². The van der Waals surface area contributed by atoms with E-state index in [2.05, 4.69) is 9.97 Å². The molecule has 0 radical (unpaired) electrons. The van der Waals surface area contributed by atoms with E-state index < -0.39 is 0 Å². The van der Waals surface area contributed by atoms with E-state index in [-0.39, 0.29) is 11.5 Å². The number of phenols is 2. The molecule has 0 aliphatic rings. The van der Waals surface area contributed by atoms with Gasteiger partial charge in [-0.2, -0.15) is 0 Å². The summed E-state index contributed by atoms with van der Waals surface area (Å²) in [7, 11) is 1.52. The van der Waals surface area contributed by atoms with Gasteiger partial charge in [0.1, 0.15) is 5.75 Å². The first-order valence-electron chi connectivity index (χ1n) is 9.58. The van der Waals surface area contributed by atoms with E-state index in [4.69, 9.17) is 4.74 Å². The maximum Gasteiger partial charge on any atom is 0.165 e. The number of para-hydroxylation sites is 1. The van der Waals surface area contributed by atoms with E-state index in [1.165, 1.54) is 7.11 Å². The number of aromatic nitrogens is 2. The van der Waals surface area contributed by atoms with E-state index in [9.17, 15) is 10.2 Å². The Balaban J connectivity index is 1.62. The van der Waals surface area contributed by atoms with E-state index in [1.54, 1.807) is 18.5 Å². The number of hydrogen-bond acceptors (Lipinski definition) is 5. The lowest BCUT2D eigenvalue weighted by atomic mass is 9.99. The summed E-state index contributed by atoms with van der Waals surface area (Å²) >= 11 is 0. The predicted molar refractivity (Wildman–Crippen MR) is 118 cm³/mol. The summed E-state index contributed by atoms with van der Waals surface area (Å²) in [5.74, 6) is 0.791. The van der Waals surface area contributed by atoms with Gasteiger partial charge in [0.15, 0.2) is 11.5 Å². The van der Waals surface area contributed by atoms with Crippen LogP contribution in [-0.2, 0) is 0 Å². The Morgan fingerprint density at radius 1 is 0.700 bits per heavy atom. The number of aryl methyl sites for hydroxylation is 1. The maximum absolute atomic E-state index is 10.4. The minimum absolute atomic E-state index is 0.0882. The second-order valence-electron chi connectivity index (χ2n) is 7.12. The first-order chi connectivity index (χ1) is 14.5. The Hall–Kier alpha value is -3.86. The van der Waals surface area contributed by atoms with Gasteiger partial charge in [0.25, 0.3) is 0 Å². The molecule has 0 atom stereocenters. The third-order valence-corrected chi connectivity index (χ3v) is 5.33. The first kappa shape index (κ1) is 19.5. The number of phenolic OH excluding ortho intramolecular Hbond substituents is 2. The lowest BCUT2D eigenvalue weighted by Crippen LogP contribution is -1.91. The van der Waals surface area contributed by atoms with Crippen LogP contribution in [0.15, 0.2) is 67.0 Å². The topological polar surface area (TPSA) is 75.5 Å². The van der Waals surface area contributed by atoms with Gasteiger partial charge in [0.05, 0.1) is 18.5 Å². The van der Waals surface area contributed by atoms with Crippen molar-refractivity contribution in [1.82, 2.24) is 9.97 Å². The molecule has 2 N–H and O–H groups in total. The molecule has 0 spiro atoms. The fourth-order valence-electron chi connectivity index (χ4n) is 3.36. The molecule has 4 rings (SSSR count). The molecule has 30 heavy (non-hydrogen) atoms. The molecule has 5 nitrogen and oxygen atoms in total. The van der Waals surface area contributed by atoms with Gasteiger partial charge in [0.2, 0.25) is 0 Å². The van der Waals surface area contributed by atoms with E-state index in [0.29, 0.717) is 11.3 Å². The molecule has 5 heteroatoms. The molecule has 0 fully saturated rings. The minimum atomic E-state index is 0.0882. The zero-order valence-corrected chi connectivity index (χ0v) is 17.0. The summed E-state index contributed by atoms with van der Waals surface area (Å²) < 4.78 is 5.17. The first-order valence-corrected chi connectivity index (χ1v) is 9.58. The summed E-state index contributed by atoms with van der Waals surface area (Å²) in [4.78, 5) is 9.03. The Morgan fingerprint density at radius 2 is 1.30 bits per heavy atom. The molecule has 2 heterocycles. The fraction of sp³-hybridized carbons (Fsp3) is 0.120. The average molecular weight is 398 g/mol. The third-order valence-electron chi connectivity index (χ3n) is 5.33. The predicted octanol–water partition coefficient (Wildman–Crippen LogP) is 5.51. The normalized spacial score (nSPS) is 10.8. The number of aromatic hydroxyl groups is 2. The van der Waals surface area contributed by atoms with Crippen LogP contribution >= 0.6 is 0 Å². The molecule has 0 aliphatic carbocycles. The molecule has 0 unspecified atom stereocenters. The molecule has 2 aromatic carbocycles. The highest BCUT2D eigenvalue weighted by Crippen LogP contribution is 2.37. The SMILES string of the molecule is COc1cccc(-c2ccc(-c3ccc(-c4ccc(C)c(C)c4O)cn3)nc2)c1O. The van der Waals surface area contributed by atoms with Crippen molar-refractivity contribution in [2.75, 3.05) is 7.11 Å². The van der Waals surface area contributed by atoms with Crippen molar-refractivity contribution >= 4 is 0 Å². The number of methoxy groups -OCH3 is 1. The van der Waals surface area contributed by atoms with Crippen LogP contribution in [0.2, 0.25) is 0 Å². The third kappa shape index (κ3) is 3.46. The van der Waals surface area contributed by atoms with Gasteiger partial charge < -0.3 is 14.9 Å². The number of hydrogen-bond donors (Lipinski definition) is 2. The molecular weight excluding hydrogens is 376 g/mol. The van der Waals surface area contributed by atoms with E-state index in [1.807, 2.05) is 62.4 Å². The number of rotatable bonds is 4. The van der Waals surface area contributed by atoms with Crippen LogP contribution in [-0.4, -0.2) is 27.3 Å². The van der Waals surface area contributed by atoms with E-state index >= 15 is 0 Å². The van der Waals surface area contributed by atoms with Gasteiger partial charge in [-0.1, -0.05) is 36.4 Å². The maximum atomic E-state index is 10.4. The van der Waals surface area contributed by atoms with E-state index in [0.717, 1.165) is 39.2 Å². The summed E-state index contributed by atoms with van der Waals surface area (Å²) in [5, 5.41) is 20.8. The lowest BCUT2D eigenvalue weighted by Gasteiger charge is -2.11. The number of ether oxygens (including phenoxy) is 1. The Morgan fingerprint density at radius 3 is 1.83 bits per heavy atom. The van der Waals surface area contributed by atoms with Crippen molar-refractivity contribution in [2.24, 2.45) is 0 Å². The van der Waals surface area contributed by atoms with Gasteiger partial charge in [-0.3, -0.25) is 9.97 Å². The van der Waals surface area contributed by atoms with Gasteiger partial charge in [-0.15, -0.1) is 0 Å². The van der Waals surface area contributed by atoms with Gasteiger partial charge in [-0.25, -0.2) is 0 Å². The minimum Gasteiger partial charge on any atom is -0.507 e. The molecule has 0 aliphatic heterocycles. The van der Waals surface area contributed by atoms with Crippen LogP contribution in [0, 0.1) is 13.8 Å². The largest absolute Gasteiger partial charge is 0.507 e. The quantitative estimate of drug-likeness (QED) is 0.474. The summed E-state index contributed by atoms with van der Waals surface area (Å²) in [6.45, 7) is 3.88. The average Bonchev–Trinajstić information content (AvgIpc) is 2.78. The fourth-order valence-corrected chi connectivity index (χ4v) is 3.36. The van der Waals surface area contributed by atoms with Crippen molar-refractivity contribution in [3.63, 3.8) is 0 Å². The molecule has 150 valence electrons. The zero-order valence-electron chi connectivity index (χ0n) is 17.0. The smallest absolute Gasteiger partial charge is 0.165 e. The van der Waals surface area contributed by atoms with Crippen LogP contribution in [0.25, 0.3) is 33.6 Å². The molecule has 0 bridgehead atoms. The molecular formula is C25H22N2O3. The summed E-state index contributed by atoms with van der Waals surface area (Å²) in [6.07, 6.45) is 3.44. The molecule has 0 saturated heterocycles. The zero-order chi connectivity index (χ0) is 21.3. The van der Waals surface area contributed by atoms with Crippen molar-refractivity contribution in [1.29, 1.82) is 0 Å². The number of pyridine rings is 2. The van der Waals surface area contributed by atoms with Crippen LogP contribution in [0.3, 0.4) is 0 Å².